The molecule has 0 radical (unpaired) electrons. The monoisotopic (exact) mass is 858 g/mol. The van der Waals surface area contributed by atoms with Gasteiger partial charge in [-0.25, -0.2) is 4.98 Å². The van der Waals surface area contributed by atoms with Crippen molar-refractivity contribution in [2.24, 2.45) is 0 Å². The SMILES string of the molecule is CC(C)(C)[Si](C)(C)OC[C@H]1O[C@@H](n2cnc3c(OCCc4ccc([N+](=O)[O-])cc4)nc(NCc4ccc5ccc6cccc7ccc4c5c67)nc32)C[C@@H]1O[Si](C)(C)C(C)(C)C. The van der Waals surface area contributed by atoms with Gasteiger partial charge in [-0.15, -0.1) is 0 Å². The maximum Gasteiger partial charge on any atom is 0.269 e. The van der Waals surface area contributed by atoms with Crippen molar-refractivity contribution in [1.82, 2.24) is 19.5 Å². The number of fused-ring (bicyclic) bond motifs is 1. The molecule has 2 aromatic heterocycles. The number of rotatable bonds is 14. The Bertz CT molecular complexity index is 2690. The van der Waals surface area contributed by atoms with E-state index in [1.54, 1.807) is 18.5 Å². The minimum Gasteiger partial charge on any atom is -0.476 e. The molecule has 0 saturated carbocycles. The van der Waals surface area contributed by atoms with E-state index in [0.717, 1.165) is 11.1 Å². The number of imidazole rings is 1. The third kappa shape index (κ3) is 8.48. The Hall–Kier alpha value is -5.00. The van der Waals surface area contributed by atoms with Gasteiger partial charge in [-0.05, 0) is 79.7 Å². The number of benzene rings is 5. The fourth-order valence-electron chi connectivity index (χ4n) is 7.66. The molecule has 1 saturated heterocycles. The Morgan fingerprint density at radius 2 is 1.51 bits per heavy atom. The molecule has 12 nitrogen and oxygen atoms in total. The molecule has 1 N–H and O–H groups in total. The highest BCUT2D eigenvalue weighted by Crippen LogP contribution is 2.43. The van der Waals surface area contributed by atoms with Crippen LogP contribution < -0.4 is 10.1 Å². The van der Waals surface area contributed by atoms with E-state index < -0.39 is 27.8 Å². The second kappa shape index (κ2) is 16.0. The van der Waals surface area contributed by atoms with Gasteiger partial charge in [-0.1, -0.05) is 108 Å². The van der Waals surface area contributed by atoms with Gasteiger partial charge < -0.3 is 23.6 Å². The van der Waals surface area contributed by atoms with Crippen LogP contribution in [-0.4, -0.2) is 66.5 Å². The highest BCUT2D eigenvalue weighted by Gasteiger charge is 2.47. The van der Waals surface area contributed by atoms with Gasteiger partial charge in [0.1, 0.15) is 12.3 Å². The van der Waals surface area contributed by atoms with Crippen LogP contribution in [0.5, 0.6) is 5.88 Å². The van der Waals surface area contributed by atoms with Gasteiger partial charge in [-0.2, -0.15) is 9.97 Å². The molecule has 7 aromatic rings. The molecule has 0 spiro atoms. The molecule has 0 aliphatic carbocycles. The molecule has 8 rings (SSSR count). The highest BCUT2D eigenvalue weighted by molar-refractivity contribution is 6.74. The second-order valence-corrected chi connectivity index (χ2v) is 29.1. The van der Waals surface area contributed by atoms with Gasteiger partial charge in [-0.3, -0.25) is 14.7 Å². The lowest BCUT2D eigenvalue weighted by molar-refractivity contribution is -0.384. The second-order valence-electron chi connectivity index (χ2n) is 19.5. The number of nitro groups is 1. The zero-order valence-corrected chi connectivity index (χ0v) is 39.0. The number of nitrogens with zero attached hydrogens (tertiary/aromatic N) is 5. The lowest BCUT2D eigenvalue weighted by Crippen LogP contribution is -2.48. The van der Waals surface area contributed by atoms with Gasteiger partial charge in [0.15, 0.2) is 27.8 Å². The van der Waals surface area contributed by atoms with E-state index >= 15 is 0 Å². The number of hydrogen-bond donors (Lipinski definition) is 1. The molecular weight excluding hydrogens is 801 g/mol. The number of non-ortho nitro benzene ring substituents is 1. The predicted octanol–water partition coefficient (Wildman–Crippen LogP) is 11.6. The smallest absolute Gasteiger partial charge is 0.269 e. The normalized spacial score (nSPS) is 17.9. The molecule has 5 aromatic carbocycles. The van der Waals surface area contributed by atoms with Crippen molar-refractivity contribution in [3.8, 4) is 5.88 Å². The first-order chi connectivity index (χ1) is 28.8. The zero-order chi connectivity index (χ0) is 43.5. The van der Waals surface area contributed by atoms with Crippen LogP contribution in [0.2, 0.25) is 36.3 Å². The van der Waals surface area contributed by atoms with Crippen molar-refractivity contribution < 1.29 is 23.2 Å². The largest absolute Gasteiger partial charge is 0.476 e. The standard InChI is InChI=1S/C47H58N6O6Si2/c1-46(2,3)60(7,8)57-28-38-37(59-61(9,10)47(4,5)6)26-39(58-38)52-29-49-42-43(52)50-45(51-44(42)56-25-24-30-14-21-35(22-15-30)53(54)55)48-27-34-19-18-33-17-16-31-12-11-13-32-20-23-36(34)41(33)40(31)32/h11-23,29,37-39H,24-28H2,1-10H3,(H,48,50,51)/t37-,38+,39+/m0/s1. The average Bonchev–Trinajstić information content (AvgIpc) is 3.81. The molecule has 320 valence electrons. The minimum atomic E-state index is -2.18. The Morgan fingerprint density at radius 1 is 0.852 bits per heavy atom. The fraction of sp³-hybridized carbons (Fsp3) is 0.426. The van der Waals surface area contributed by atoms with Crippen LogP contribution in [0.25, 0.3) is 43.5 Å². The van der Waals surface area contributed by atoms with Crippen molar-refractivity contribution in [2.75, 3.05) is 18.5 Å². The van der Waals surface area contributed by atoms with Crippen LogP contribution in [0.3, 0.4) is 0 Å². The Balaban J connectivity index is 1.12. The molecule has 0 bridgehead atoms. The first kappa shape index (κ1) is 42.7. The van der Waals surface area contributed by atoms with Crippen LogP contribution in [-0.2, 0) is 26.6 Å². The van der Waals surface area contributed by atoms with Crippen LogP contribution >= 0.6 is 0 Å². The Labute approximate surface area is 359 Å². The minimum absolute atomic E-state index is 0.0147. The molecule has 1 fully saturated rings. The number of anilines is 1. The van der Waals surface area contributed by atoms with Gasteiger partial charge in [0.2, 0.25) is 11.8 Å². The molecule has 1 aliphatic heterocycles. The van der Waals surface area contributed by atoms with E-state index in [-0.39, 0.29) is 34.6 Å². The lowest BCUT2D eigenvalue weighted by Gasteiger charge is -2.40. The van der Waals surface area contributed by atoms with E-state index in [9.17, 15) is 10.1 Å². The maximum absolute atomic E-state index is 11.2. The van der Waals surface area contributed by atoms with Crippen molar-refractivity contribution in [2.45, 2.75) is 116 Å². The topological polar surface area (TPSA) is 136 Å². The van der Waals surface area contributed by atoms with Crippen molar-refractivity contribution in [1.29, 1.82) is 0 Å². The zero-order valence-electron chi connectivity index (χ0n) is 37.0. The van der Waals surface area contributed by atoms with Crippen molar-refractivity contribution in [3.63, 3.8) is 0 Å². The van der Waals surface area contributed by atoms with Crippen LogP contribution in [0.15, 0.2) is 85.2 Å². The summed E-state index contributed by atoms with van der Waals surface area (Å²) in [7, 11) is -4.27. The van der Waals surface area contributed by atoms with Gasteiger partial charge in [0.25, 0.3) is 5.69 Å². The number of nitro benzene ring substituents is 1. The summed E-state index contributed by atoms with van der Waals surface area (Å²) in [5, 5.41) is 22.2. The summed E-state index contributed by atoms with van der Waals surface area (Å²) in [6.45, 7) is 23.8. The van der Waals surface area contributed by atoms with Crippen molar-refractivity contribution in [3.05, 3.63) is 106 Å². The number of hydrogen-bond acceptors (Lipinski definition) is 10. The molecular formula is C47H58N6O6Si2. The number of aromatic nitrogens is 4. The van der Waals surface area contributed by atoms with E-state index in [4.69, 9.17) is 33.3 Å². The Kier molecular flexibility index (Phi) is 11.2. The lowest BCUT2D eigenvalue weighted by atomic mass is 9.92. The van der Waals surface area contributed by atoms with E-state index in [1.165, 1.54) is 44.5 Å². The third-order valence-electron chi connectivity index (χ3n) is 13.4. The third-order valence-corrected chi connectivity index (χ3v) is 22.4. The molecule has 3 heterocycles. The number of ether oxygens (including phenoxy) is 2. The highest BCUT2D eigenvalue weighted by atomic mass is 28.4. The molecule has 0 unspecified atom stereocenters. The van der Waals surface area contributed by atoms with Gasteiger partial charge in [0, 0.05) is 31.5 Å². The number of nitrogens with one attached hydrogen (secondary N) is 1. The summed E-state index contributed by atoms with van der Waals surface area (Å²) in [4.78, 5) is 25.6. The summed E-state index contributed by atoms with van der Waals surface area (Å²) >= 11 is 0. The summed E-state index contributed by atoms with van der Waals surface area (Å²) < 4.78 is 29.2. The summed E-state index contributed by atoms with van der Waals surface area (Å²) in [5.74, 6) is 0.739. The average molecular weight is 859 g/mol. The quantitative estimate of drug-likeness (QED) is 0.0487. The predicted molar refractivity (Wildman–Crippen MR) is 249 cm³/mol. The summed E-state index contributed by atoms with van der Waals surface area (Å²) in [6.07, 6.45) is 2.01. The van der Waals surface area contributed by atoms with E-state index in [1.807, 2.05) is 4.57 Å². The van der Waals surface area contributed by atoms with Crippen molar-refractivity contribution >= 4 is 71.8 Å². The van der Waals surface area contributed by atoms with Crippen LogP contribution in [0, 0.1) is 10.1 Å². The first-order valence-electron chi connectivity index (χ1n) is 21.3. The van der Waals surface area contributed by atoms with Crippen LogP contribution in [0.1, 0.15) is 65.3 Å². The van der Waals surface area contributed by atoms with Gasteiger partial charge >= 0.3 is 0 Å². The molecule has 3 atom stereocenters. The molecule has 0 amide bonds. The fourth-order valence-corrected chi connectivity index (χ4v) is 10.0. The maximum atomic E-state index is 11.2. The molecule has 1 aliphatic rings. The van der Waals surface area contributed by atoms with E-state index in [0.29, 0.717) is 49.0 Å². The van der Waals surface area contributed by atoms with Crippen LogP contribution in [0.4, 0.5) is 11.6 Å². The first-order valence-corrected chi connectivity index (χ1v) is 27.1. The Morgan fingerprint density at radius 3 is 2.18 bits per heavy atom. The summed E-state index contributed by atoms with van der Waals surface area (Å²) in [5.41, 5.74) is 3.18. The summed E-state index contributed by atoms with van der Waals surface area (Å²) in [6, 6.07) is 26.1. The van der Waals surface area contributed by atoms with Gasteiger partial charge in [0.05, 0.1) is 30.6 Å². The molecule has 61 heavy (non-hydrogen) atoms. The molecule has 14 heteroatoms. The van der Waals surface area contributed by atoms with E-state index in [2.05, 4.69) is 128 Å².